The standard InChI is InChI=1S/C10H5F3N2O2/c11-5-1-2-6(9(13)8(5)12)15-10(16)7-3-14-4-17-7/h1-4H,(H,15,16). The highest BCUT2D eigenvalue weighted by Gasteiger charge is 2.17. The van der Waals surface area contributed by atoms with Gasteiger partial charge in [0, 0.05) is 0 Å². The smallest absolute Gasteiger partial charge is 0.293 e. The summed E-state index contributed by atoms with van der Waals surface area (Å²) < 4.78 is 43.3. The molecular weight excluding hydrogens is 237 g/mol. The maximum Gasteiger partial charge on any atom is 0.293 e. The molecule has 0 aliphatic heterocycles. The van der Waals surface area contributed by atoms with E-state index < -0.39 is 29.0 Å². The highest BCUT2D eigenvalue weighted by molar-refractivity contribution is 6.02. The van der Waals surface area contributed by atoms with Crippen LogP contribution in [0.4, 0.5) is 18.9 Å². The van der Waals surface area contributed by atoms with Crippen LogP contribution in [0.1, 0.15) is 10.6 Å². The van der Waals surface area contributed by atoms with E-state index in [1.165, 1.54) is 0 Å². The van der Waals surface area contributed by atoms with Crippen molar-refractivity contribution in [3.63, 3.8) is 0 Å². The minimum absolute atomic E-state index is 0.172. The summed E-state index contributed by atoms with van der Waals surface area (Å²) in [4.78, 5) is 14.9. The first-order chi connectivity index (χ1) is 8.09. The molecule has 0 saturated carbocycles. The molecule has 1 heterocycles. The molecule has 88 valence electrons. The van der Waals surface area contributed by atoms with Crippen molar-refractivity contribution in [3.8, 4) is 0 Å². The van der Waals surface area contributed by atoms with Gasteiger partial charge in [-0.05, 0) is 12.1 Å². The average molecular weight is 242 g/mol. The van der Waals surface area contributed by atoms with Gasteiger partial charge in [0.2, 0.25) is 5.76 Å². The molecule has 0 fully saturated rings. The van der Waals surface area contributed by atoms with Gasteiger partial charge in [-0.2, -0.15) is 0 Å². The van der Waals surface area contributed by atoms with E-state index in [0.29, 0.717) is 6.07 Å². The van der Waals surface area contributed by atoms with Gasteiger partial charge in [0.05, 0.1) is 11.9 Å². The molecule has 17 heavy (non-hydrogen) atoms. The number of aromatic nitrogens is 1. The molecule has 0 saturated heterocycles. The molecule has 2 aromatic rings. The molecule has 1 N–H and O–H groups in total. The molecule has 2 rings (SSSR count). The number of carbonyl (C=O) groups is 1. The lowest BCUT2D eigenvalue weighted by Crippen LogP contribution is -2.13. The van der Waals surface area contributed by atoms with Crippen LogP contribution < -0.4 is 5.32 Å². The Morgan fingerprint density at radius 2 is 2.00 bits per heavy atom. The maximum absolute atomic E-state index is 13.2. The van der Waals surface area contributed by atoms with Crippen LogP contribution in [0.2, 0.25) is 0 Å². The molecule has 0 atom stereocenters. The zero-order valence-corrected chi connectivity index (χ0v) is 8.21. The fourth-order valence-electron chi connectivity index (χ4n) is 1.13. The summed E-state index contributed by atoms with van der Waals surface area (Å²) in [6.45, 7) is 0. The second kappa shape index (κ2) is 4.28. The van der Waals surface area contributed by atoms with Gasteiger partial charge in [-0.15, -0.1) is 0 Å². The Morgan fingerprint density at radius 3 is 2.65 bits per heavy atom. The summed E-state index contributed by atoms with van der Waals surface area (Å²) in [6, 6.07) is 1.61. The zero-order valence-electron chi connectivity index (χ0n) is 8.21. The first-order valence-electron chi connectivity index (χ1n) is 4.43. The Kier molecular flexibility index (Phi) is 2.82. The average Bonchev–Trinajstić information content (AvgIpc) is 2.83. The van der Waals surface area contributed by atoms with E-state index >= 15 is 0 Å². The number of nitrogens with zero attached hydrogens (tertiary/aromatic N) is 1. The Hall–Kier alpha value is -2.31. The molecular formula is C10H5F3N2O2. The van der Waals surface area contributed by atoms with Gasteiger partial charge in [-0.1, -0.05) is 0 Å². The fourth-order valence-corrected chi connectivity index (χ4v) is 1.13. The highest BCUT2D eigenvalue weighted by atomic mass is 19.2. The third-order valence-corrected chi connectivity index (χ3v) is 1.94. The maximum atomic E-state index is 13.2. The molecule has 0 bridgehead atoms. The molecule has 0 aliphatic carbocycles. The van der Waals surface area contributed by atoms with Crippen LogP contribution in [0.3, 0.4) is 0 Å². The number of rotatable bonds is 2. The number of hydrogen-bond donors (Lipinski definition) is 1. The molecule has 1 aromatic carbocycles. The molecule has 0 aliphatic rings. The molecule has 0 unspecified atom stereocenters. The number of hydrogen-bond acceptors (Lipinski definition) is 3. The third kappa shape index (κ3) is 2.12. The normalized spacial score (nSPS) is 10.3. The zero-order chi connectivity index (χ0) is 12.4. The number of carbonyl (C=O) groups excluding carboxylic acids is 1. The van der Waals surface area contributed by atoms with Crippen molar-refractivity contribution >= 4 is 11.6 Å². The lowest BCUT2D eigenvalue weighted by molar-refractivity contribution is 0.0996. The van der Waals surface area contributed by atoms with Crippen molar-refractivity contribution in [2.24, 2.45) is 0 Å². The van der Waals surface area contributed by atoms with Crippen LogP contribution in [0, 0.1) is 17.5 Å². The van der Waals surface area contributed by atoms with Gasteiger partial charge in [-0.25, -0.2) is 18.2 Å². The number of oxazole rings is 1. The van der Waals surface area contributed by atoms with Crippen molar-refractivity contribution in [2.45, 2.75) is 0 Å². The highest BCUT2D eigenvalue weighted by Crippen LogP contribution is 2.20. The minimum Gasteiger partial charge on any atom is -0.438 e. The summed E-state index contributed by atoms with van der Waals surface area (Å²) in [5.41, 5.74) is -0.481. The molecule has 0 radical (unpaired) electrons. The predicted octanol–water partition coefficient (Wildman–Crippen LogP) is 2.34. The van der Waals surface area contributed by atoms with Crippen molar-refractivity contribution in [3.05, 3.63) is 47.9 Å². The monoisotopic (exact) mass is 242 g/mol. The van der Waals surface area contributed by atoms with Crippen LogP contribution >= 0.6 is 0 Å². The Morgan fingerprint density at radius 1 is 1.24 bits per heavy atom. The van der Waals surface area contributed by atoms with Gasteiger partial charge in [0.15, 0.2) is 23.8 Å². The van der Waals surface area contributed by atoms with Gasteiger partial charge < -0.3 is 9.73 Å². The van der Waals surface area contributed by atoms with Crippen LogP contribution in [-0.2, 0) is 0 Å². The van der Waals surface area contributed by atoms with Crippen LogP contribution in [0.25, 0.3) is 0 Å². The van der Waals surface area contributed by atoms with Crippen LogP contribution in [0.5, 0.6) is 0 Å². The van der Waals surface area contributed by atoms with Gasteiger partial charge >= 0.3 is 0 Å². The summed E-state index contributed by atoms with van der Waals surface area (Å²) in [6.07, 6.45) is 2.11. The van der Waals surface area contributed by atoms with Crippen molar-refractivity contribution in [1.82, 2.24) is 4.98 Å². The summed E-state index contributed by atoms with van der Waals surface area (Å²) in [5, 5.41) is 2.03. The topological polar surface area (TPSA) is 55.1 Å². The molecule has 0 spiro atoms. The van der Waals surface area contributed by atoms with E-state index in [9.17, 15) is 18.0 Å². The first kappa shape index (κ1) is 11.2. The van der Waals surface area contributed by atoms with E-state index in [2.05, 4.69) is 9.40 Å². The van der Waals surface area contributed by atoms with E-state index in [1.54, 1.807) is 0 Å². The second-order valence-electron chi connectivity index (χ2n) is 3.04. The van der Waals surface area contributed by atoms with Gasteiger partial charge in [0.1, 0.15) is 0 Å². The van der Waals surface area contributed by atoms with Crippen LogP contribution in [-0.4, -0.2) is 10.9 Å². The number of amides is 1. The second-order valence-corrected chi connectivity index (χ2v) is 3.04. The summed E-state index contributed by atoms with van der Waals surface area (Å²) in [5.74, 6) is -5.44. The quantitative estimate of drug-likeness (QED) is 0.822. The van der Waals surface area contributed by atoms with Crippen molar-refractivity contribution in [2.75, 3.05) is 5.32 Å². The molecule has 1 aromatic heterocycles. The Labute approximate surface area is 93.1 Å². The molecule has 4 nitrogen and oxygen atoms in total. The number of anilines is 1. The Bertz CT molecular complexity index is 555. The van der Waals surface area contributed by atoms with Crippen molar-refractivity contribution < 1.29 is 22.4 Å². The molecule has 7 heteroatoms. The Balaban J connectivity index is 2.25. The van der Waals surface area contributed by atoms with E-state index in [0.717, 1.165) is 18.7 Å². The van der Waals surface area contributed by atoms with Crippen LogP contribution in [0.15, 0.2) is 29.1 Å². The number of nitrogens with one attached hydrogen (secondary N) is 1. The number of halogens is 3. The van der Waals surface area contributed by atoms with E-state index in [-0.39, 0.29) is 5.76 Å². The summed E-state index contributed by atoms with van der Waals surface area (Å²) in [7, 11) is 0. The van der Waals surface area contributed by atoms with Gasteiger partial charge in [0.25, 0.3) is 5.91 Å². The minimum atomic E-state index is -1.65. The van der Waals surface area contributed by atoms with E-state index in [1.807, 2.05) is 5.32 Å². The lowest BCUT2D eigenvalue weighted by atomic mass is 10.2. The number of benzene rings is 1. The third-order valence-electron chi connectivity index (χ3n) is 1.94. The largest absolute Gasteiger partial charge is 0.438 e. The lowest BCUT2D eigenvalue weighted by Gasteiger charge is -2.05. The summed E-state index contributed by atoms with van der Waals surface area (Å²) >= 11 is 0. The molecule has 1 amide bonds. The SMILES string of the molecule is O=C(Nc1ccc(F)c(F)c1F)c1cnco1. The fraction of sp³-hybridized carbons (Fsp3) is 0. The first-order valence-corrected chi connectivity index (χ1v) is 4.43. The van der Waals surface area contributed by atoms with Crippen molar-refractivity contribution in [1.29, 1.82) is 0 Å². The predicted molar refractivity (Wildman–Crippen MR) is 50.8 cm³/mol. The van der Waals surface area contributed by atoms with Gasteiger partial charge in [-0.3, -0.25) is 4.79 Å². The van der Waals surface area contributed by atoms with E-state index in [4.69, 9.17) is 0 Å².